The molecule has 0 heterocycles. The number of benzene rings is 1. The molecule has 0 bridgehead atoms. The number of carboxylic acid groups (broad SMARTS) is 1. The van der Waals surface area contributed by atoms with Crippen molar-refractivity contribution in [2.75, 3.05) is 5.33 Å². The third-order valence-electron chi connectivity index (χ3n) is 1.97. The van der Waals surface area contributed by atoms with E-state index in [9.17, 15) is 14.7 Å². The van der Waals surface area contributed by atoms with Crippen molar-refractivity contribution in [3.05, 3.63) is 28.8 Å². The number of hydrogen-bond donors (Lipinski definition) is 2. The predicted octanol–water partition coefficient (Wildman–Crippen LogP) is 1.98. The fourth-order valence-corrected chi connectivity index (χ4v) is 1.50. The zero-order valence-electron chi connectivity index (χ0n) is 7.95. The van der Waals surface area contributed by atoms with Crippen LogP contribution >= 0.6 is 15.9 Å². The average molecular weight is 273 g/mol. The molecule has 0 spiro atoms. The van der Waals surface area contributed by atoms with E-state index in [2.05, 4.69) is 15.9 Å². The number of alkyl halides is 1. The summed E-state index contributed by atoms with van der Waals surface area (Å²) in [6.45, 7) is 1.55. The van der Waals surface area contributed by atoms with Crippen LogP contribution in [-0.4, -0.2) is 27.3 Å². The zero-order chi connectivity index (χ0) is 11.6. The Labute approximate surface area is 94.7 Å². The van der Waals surface area contributed by atoms with Gasteiger partial charge in [0.2, 0.25) is 0 Å². The van der Waals surface area contributed by atoms with Crippen molar-refractivity contribution in [1.82, 2.24) is 0 Å². The van der Waals surface area contributed by atoms with Gasteiger partial charge in [-0.1, -0.05) is 15.9 Å². The quantitative estimate of drug-likeness (QED) is 0.652. The molecule has 0 saturated carbocycles. The van der Waals surface area contributed by atoms with Gasteiger partial charge < -0.3 is 10.2 Å². The lowest BCUT2D eigenvalue weighted by Gasteiger charge is -2.06. The molecule has 0 radical (unpaired) electrons. The molecule has 0 fully saturated rings. The molecule has 1 rings (SSSR count). The van der Waals surface area contributed by atoms with E-state index in [0.717, 1.165) is 0 Å². The molecule has 0 aliphatic rings. The third-order valence-corrected chi connectivity index (χ3v) is 2.48. The minimum Gasteiger partial charge on any atom is -0.507 e. The second-order valence-electron chi connectivity index (χ2n) is 3.05. The van der Waals surface area contributed by atoms with E-state index in [1.807, 2.05) is 0 Å². The lowest BCUT2D eigenvalue weighted by atomic mass is 10.0. The van der Waals surface area contributed by atoms with Gasteiger partial charge in [-0.2, -0.15) is 0 Å². The highest BCUT2D eigenvalue weighted by Crippen LogP contribution is 2.24. The van der Waals surface area contributed by atoms with E-state index in [1.54, 1.807) is 6.92 Å². The van der Waals surface area contributed by atoms with E-state index in [0.29, 0.717) is 5.56 Å². The van der Waals surface area contributed by atoms with Gasteiger partial charge in [-0.05, 0) is 24.6 Å². The number of phenols is 1. The molecule has 0 saturated heterocycles. The SMILES string of the molecule is Cc1cc(C(=O)CBr)cc(C(=O)O)c1O. The van der Waals surface area contributed by atoms with Crippen molar-refractivity contribution in [2.24, 2.45) is 0 Å². The predicted molar refractivity (Wildman–Crippen MR) is 57.9 cm³/mol. The second-order valence-corrected chi connectivity index (χ2v) is 3.61. The summed E-state index contributed by atoms with van der Waals surface area (Å²) >= 11 is 3.00. The molecule has 0 aromatic heterocycles. The fourth-order valence-electron chi connectivity index (χ4n) is 1.18. The molecule has 4 nitrogen and oxygen atoms in total. The molecule has 15 heavy (non-hydrogen) atoms. The Morgan fingerprint density at radius 2 is 2.00 bits per heavy atom. The Morgan fingerprint density at radius 1 is 1.40 bits per heavy atom. The van der Waals surface area contributed by atoms with Crippen LogP contribution in [0, 0.1) is 6.92 Å². The van der Waals surface area contributed by atoms with Gasteiger partial charge in [0.25, 0.3) is 0 Å². The van der Waals surface area contributed by atoms with Crippen LogP contribution in [0.25, 0.3) is 0 Å². The number of ketones is 1. The van der Waals surface area contributed by atoms with Crippen molar-refractivity contribution < 1.29 is 19.8 Å². The van der Waals surface area contributed by atoms with Crippen LogP contribution in [0.15, 0.2) is 12.1 Å². The van der Waals surface area contributed by atoms with Crippen molar-refractivity contribution >= 4 is 27.7 Å². The molecule has 0 unspecified atom stereocenters. The average Bonchev–Trinajstić information content (AvgIpc) is 2.20. The first kappa shape index (κ1) is 11.7. The molecular weight excluding hydrogens is 264 g/mol. The van der Waals surface area contributed by atoms with E-state index >= 15 is 0 Å². The Bertz CT molecular complexity index is 426. The smallest absolute Gasteiger partial charge is 0.339 e. The molecule has 5 heteroatoms. The summed E-state index contributed by atoms with van der Waals surface area (Å²) in [6, 6.07) is 2.64. The number of aromatic hydroxyl groups is 1. The Balaban J connectivity index is 3.35. The van der Waals surface area contributed by atoms with Crippen molar-refractivity contribution in [3.63, 3.8) is 0 Å². The molecule has 0 amide bonds. The molecule has 1 aromatic rings. The lowest BCUT2D eigenvalue weighted by Crippen LogP contribution is -2.05. The Hall–Kier alpha value is -1.36. The zero-order valence-corrected chi connectivity index (χ0v) is 9.54. The number of halogens is 1. The highest BCUT2D eigenvalue weighted by atomic mass is 79.9. The number of carbonyl (C=O) groups excluding carboxylic acids is 1. The largest absolute Gasteiger partial charge is 0.507 e. The summed E-state index contributed by atoms with van der Waals surface area (Å²) in [5.41, 5.74) is 0.401. The number of hydrogen-bond acceptors (Lipinski definition) is 3. The number of aromatic carboxylic acids is 1. The maximum Gasteiger partial charge on any atom is 0.339 e. The van der Waals surface area contributed by atoms with Crippen LogP contribution in [0.1, 0.15) is 26.3 Å². The van der Waals surface area contributed by atoms with Gasteiger partial charge in [0.15, 0.2) is 5.78 Å². The van der Waals surface area contributed by atoms with E-state index in [4.69, 9.17) is 5.11 Å². The van der Waals surface area contributed by atoms with Gasteiger partial charge in [0.05, 0.1) is 5.33 Å². The first-order chi connectivity index (χ1) is 6.97. The lowest BCUT2D eigenvalue weighted by molar-refractivity contribution is 0.0693. The molecule has 1 aromatic carbocycles. The van der Waals surface area contributed by atoms with E-state index < -0.39 is 5.97 Å². The minimum atomic E-state index is -1.25. The highest BCUT2D eigenvalue weighted by Gasteiger charge is 2.15. The van der Waals surface area contributed by atoms with Crippen LogP contribution in [0.2, 0.25) is 0 Å². The van der Waals surface area contributed by atoms with Gasteiger partial charge in [0.1, 0.15) is 11.3 Å². The van der Waals surface area contributed by atoms with Crippen LogP contribution in [0.3, 0.4) is 0 Å². The monoisotopic (exact) mass is 272 g/mol. The summed E-state index contributed by atoms with van der Waals surface area (Å²) in [6.07, 6.45) is 0. The standard InChI is InChI=1S/C10H9BrO4/c1-5-2-6(8(12)4-11)3-7(9(5)13)10(14)15/h2-3,13H,4H2,1H3,(H,14,15). The van der Waals surface area contributed by atoms with Crippen molar-refractivity contribution in [1.29, 1.82) is 0 Å². The Kier molecular flexibility index (Phi) is 3.47. The van der Waals surface area contributed by atoms with Gasteiger partial charge in [-0.25, -0.2) is 4.79 Å². The number of carboxylic acids is 1. The second kappa shape index (κ2) is 4.44. The summed E-state index contributed by atoms with van der Waals surface area (Å²) < 4.78 is 0. The van der Waals surface area contributed by atoms with Crippen molar-refractivity contribution in [3.8, 4) is 5.75 Å². The normalized spacial score (nSPS) is 10.0. The van der Waals surface area contributed by atoms with E-state index in [-0.39, 0.29) is 28.0 Å². The van der Waals surface area contributed by atoms with Crippen LogP contribution in [0.5, 0.6) is 5.75 Å². The molecule has 2 N–H and O–H groups in total. The molecule has 0 atom stereocenters. The molecule has 0 aliphatic heterocycles. The Morgan fingerprint density at radius 3 is 2.47 bits per heavy atom. The van der Waals surface area contributed by atoms with Gasteiger partial charge >= 0.3 is 5.97 Å². The summed E-state index contributed by atoms with van der Waals surface area (Å²) in [4.78, 5) is 22.1. The first-order valence-electron chi connectivity index (χ1n) is 4.13. The number of aryl methyl sites for hydroxylation is 1. The number of rotatable bonds is 3. The molecule has 80 valence electrons. The summed E-state index contributed by atoms with van der Waals surface area (Å²) in [5.74, 6) is -1.77. The molecule has 0 aliphatic carbocycles. The van der Waals surface area contributed by atoms with Crippen molar-refractivity contribution in [2.45, 2.75) is 6.92 Å². The van der Waals surface area contributed by atoms with Crippen LogP contribution in [0.4, 0.5) is 0 Å². The first-order valence-corrected chi connectivity index (χ1v) is 5.25. The number of Topliss-reactive ketones (excluding diaryl/α,β-unsaturated/α-hetero) is 1. The van der Waals surface area contributed by atoms with E-state index in [1.165, 1.54) is 12.1 Å². The number of carbonyl (C=O) groups is 2. The topological polar surface area (TPSA) is 74.6 Å². The maximum atomic E-state index is 11.3. The van der Waals surface area contributed by atoms with Gasteiger partial charge in [-0.15, -0.1) is 0 Å². The fraction of sp³-hybridized carbons (Fsp3) is 0.200. The third kappa shape index (κ3) is 2.36. The van der Waals surface area contributed by atoms with Crippen LogP contribution in [-0.2, 0) is 0 Å². The molecular formula is C10H9BrO4. The summed E-state index contributed by atoms with van der Waals surface area (Å²) in [5, 5.41) is 18.4. The highest BCUT2D eigenvalue weighted by molar-refractivity contribution is 9.09. The minimum absolute atomic E-state index is 0.121. The van der Waals surface area contributed by atoms with Crippen LogP contribution < -0.4 is 0 Å². The van der Waals surface area contributed by atoms with Gasteiger partial charge in [-0.3, -0.25) is 4.79 Å². The summed E-state index contributed by atoms with van der Waals surface area (Å²) in [7, 11) is 0. The van der Waals surface area contributed by atoms with Gasteiger partial charge in [0, 0.05) is 5.56 Å². The maximum absolute atomic E-state index is 11.3.